The fraction of sp³-hybridized carbons (Fsp3) is 1.00. The number of nitrogens with one attached hydrogen (secondary N) is 2. The Morgan fingerprint density at radius 3 is 2.53 bits per heavy atom. The predicted octanol–water partition coefficient (Wildman–Crippen LogP) is 2.40. The lowest BCUT2D eigenvalue weighted by Gasteiger charge is -2.53. The van der Waals surface area contributed by atoms with E-state index >= 15 is 0 Å². The van der Waals surface area contributed by atoms with Gasteiger partial charge in [0.1, 0.15) is 0 Å². The van der Waals surface area contributed by atoms with Gasteiger partial charge < -0.3 is 10.6 Å². The first kappa shape index (κ1) is 12.0. The Kier molecular flexibility index (Phi) is 3.20. The van der Waals surface area contributed by atoms with E-state index in [1.54, 1.807) is 0 Å². The molecule has 1 saturated carbocycles. The molecule has 7 atom stereocenters. The molecule has 0 spiro atoms. The van der Waals surface area contributed by atoms with E-state index in [-0.39, 0.29) is 0 Å². The average molecular weight is 236 g/mol. The molecular formula is C15H28N2. The van der Waals surface area contributed by atoms with Crippen molar-refractivity contribution in [3.05, 3.63) is 0 Å². The van der Waals surface area contributed by atoms with Gasteiger partial charge in [-0.2, -0.15) is 0 Å². The molecule has 3 rings (SSSR count). The molecule has 2 heteroatoms. The first-order valence-electron chi connectivity index (χ1n) is 7.66. The van der Waals surface area contributed by atoms with Crippen molar-refractivity contribution in [2.45, 2.75) is 64.6 Å². The summed E-state index contributed by atoms with van der Waals surface area (Å²) in [7, 11) is 0. The molecule has 2 heterocycles. The van der Waals surface area contributed by atoms with Crippen LogP contribution in [-0.2, 0) is 0 Å². The predicted molar refractivity (Wildman–Crippen MR) is 72.0 cm³/mol. The first-order chi connectivity index (χ1) is 8.16. The van der Waals surface area contributed by atoms with Crippen LogP contribution in [0.2, 0.25) is 0 Å². The topological polar surface area (TPSA) is 24.1 Å². The highest BCUT2D eigenvalue weighted by molar-refractivity contribution is 5.03. The Labute approximate surface area is 106 Å². The zero-order valence-electron chi connectivity index (χ0n) is 11.6. The molecule has 3 aliphatic rings. The summed E-state index contributed by atoms with van der Waals surface area (Å²) in [6, 6.07) is 2.21. The van der Waals surface area contributed by atoms with E-state index in [2.05, 4.69) is 31.4 Å². The molecular weight excluding hydrogens is 208 g/mol. The molecule has 0 bridgehead atoms. The van der Waals surface area contributed by atoms with E-state index in [0.717, 1.165) is 35.8 Å². The third kappa shape index (κ3) is 2.04. The summed E-state index contributed by atoms with van der Waals surface area (Å²) < 4.78 is 0. The Balaban J connectivity index is 1.76. The monoisotopic (exact) mass is 236 g/mol. The fourth-order valence-electron chi connectivity index (χ4n) is 4.59. The van der Waals surface area contributed by atoms with Gasteiger partial charge in [-0.15, -0.1) is 0 Å². The van der Waals surface area contributed by atoms with Crippen LogP contribution in [0.25, 0.3) is 0 Å². The normalized spacial score (nSPS) is 54.9. The molecule has 0 radical (unpaired) electrons. The lowest BCUT2D eigenvalue weighted by Crippen LogP contribution is -2.65. The largest absolute Gasteiger partial charge is 0.312 e. The van der Waals surface area contributed by atoms with Crippen LogP contribution in [0.3, 0.4) is 0 Å². The number of piperidine rings is 2. The zero-order chi connectivity index (χ0) is 12.0. The van der Waals surface area contributed by atoms with Gasteiger partial charge in [-0.05, 0) is 62.8 Å². The Hall–Kier alpha value is -0.0800. The number of fused-ring (bicyclic) bond motifs is 3. The molecule has 2 nitrogen and oxygen atoms in total. The second kappa shape index (κ2) is 4.55. The van der Waals surface area contributed by atoms with Crippen LogP contribution in [0.4, 0.5) is 0 Å². The van der Waals surface area contributed by atoms with Gasteiger partial charge >= 0.3 is 0 Å². The molecule has 2 aliphatic heterocycles. The Morgan fingerprint density at radius 2 is 1.71 bits per heavy atom. The summed E-state index contributed by atoms with van der Waals surface area (Å²) in [5.74, 6) is 3.64. The summed E-state index contributed by atoms with van der Waals surface area (Å²) in [4.78, 5) is 0. The number of rotatable bonds is 0. The van der Waals surface area contributed by atoms with Crippen LogP contribution < -0.4 is 10.6 Å². The summed E-state index contributed by atoms with van der Waals surface area (Å²) in [5.41, 5.74) is 0. The molecule has 0 aromatic heterocycles. The van der Waals surface area contributed by atoms with Gasteiger partial charge in [0.2, 0.25) is 0 Å². The summed E-state index contributed by atoms with van der Waals surface area (Å²) in [6.45, 7) is 8.48. The minimum Gasteiger partial charge on any atom is -0.312 e. The maximum absolute atomic E-state index is 3.93. The van der Waals surface area contributed by atoms with E-state index in [1.165, 1.54) is 32.2 Å². The van der Waals surface area contributed by atoms with Crippen LogP contribution in [0.15, 0.2) is 0 Å². The van der Waals surface area contributed by atoms with Crippen LogP contribution in [0.1, 0.15) is 46.5 Å². The summed E-state index contributed by atoms with van der Waals surface area (Å²) in [5, 5.41) is 7.75. The highest BCUT2D eigenvalue weighted by atomic mass is 15.1. The second-order valence-corrected chi connectivity index (χ2v) is 6.94. The highest BCUT2D eigenvalue weighted by Gasteiger charge is 2.45. The Morgan fingerprint density at radius 1 is 0.882 bits per heavy atom. The minimum absolute atomic E-state index is 0.703. The van der Waals surface area contributed by atoms with Gasteiger partial charge in [0, 0.05) is 18.1 Å². The Bertz CT molecular complexity index is 278. The van der Waals surface area contributed by atoms with Crippen molar-refractivity contribution in [2.24, 2.45) is 23.7 Å². The molecule has 0 aromatic rings. The van der Waals surface area contributed by atoms with Gasteiger partial charge in [0.15, 0.2) is 0 Å². The van der Waals surface area contributed by atoms with E-state index in [9.17, 15) is 0 Å². The third-order valence-electron chi connectivity index (χ3n) is 5.92. The smallest absolute Gasteiger partial charge is 0.0254 e. The van der Waals surface area contributed by atoms with Gasteiger partial charge in [-0.25, -0.2) is 0 Å². The standard InChI is InChI=1S/C15H28N2/c1-9-6-7-16-15-13(9)5-4-12-8-10(2)11(3)17-14(12)15/h9-17H,4-8H2,1-3H3. The van der Waals surface area contributed by atoms with Crippen LogP contribution in [0, 0.1) is 23.7 Å². The van der Waals surface area contributed by atoms with Crippen molar-refractivity contribution in [3.8, 4) is 0 Å². The van der Waals surface area contributed by atoms with Crippen molar-refractivity contribution in [3.63, 3.8) is 0 Å². The van der Waals surface area contributed by atoms with Crippen molar-refractivity contribution in [1.29, 1.82) is 0 Å². The maximum Gasteiger partial charge on any atom is 0.0254 e. The highest BCUT2D eigenvalue weighted by Crippen LogP contribution is 2.42. The molecule has 98 valence electrons. The quantitative estimate of drug-likeness (QED) is 0.675. The van der Waals surface area contributed by atoms with Crippen LogP contribution >= 0.6 is 0 Å². The lowest BCUT2D eigenvalue weighted by molar-refractivity contribution is 0.0378. The molecule has 7 unspecified atom stereocenters. The SMILES string of the molecule is CC1CC2CCC3C(C)CCNC3C2NC1C. The van der Waals surface area contributed by atoms with E-state index < -0.39 is 0 Å². The molecule has 0 amide bonds. The minimum atomic E-state index is 0.703. The van der Waals surface area contributed by atoms with Gasteiger partial charge in [-0.3, -0.25) is 0 Å². The van der Waals surface area contributed by atoms with E-state index in [1.807, 2.05) is 0 Å². The summed E-state index contributed by atoms with van der Waals surface area (Å²) >= 11 is 0. The average Bonchev–Trinajstić information content (AvgIpc) is 2.31. The maximum atomic E-state index is 3.93. The van der Waals surface area contributed by atoms with Gasteiger partial charge in [0.25, 0.3) is 0 Å². The second-order valence-electron chi connectivity index (χ2n) is 6.94. The van der Waals surface area contributed by atoms with Gasteiger partial charge in [-0.1, -0.05) is 13.8 Å². The molecule has 2 N–H and O–H groups in total. The van der Waals surface area contributed by atoms with Crippen molar-refractivity contribution in [1.82, 2.24) is 10.6 Å². The first-order valence-corrected chi connectivity index (χ1v) is 7.66. The molecule has 2 saturated heterocycles. The molecule has 3 fully saturated rings. The zero-order valence-corrected chi connectivity index (χ0v) is 11.6. The number of hydrogen-bond donors (Lipinski definition) is 2. The van der Waals surface area contributed by atoms with Crippen LogP contribution in [-0.4, -0.2) is 24.7 Å². The molecule has 0 aromatic carbocycles. The van der Waals surface area contributed by atoms with E-state index in [0.29, 0.717) is 6.04 Å². The van der Waals surface area contributed by atoms with Crippen molar-refractivity contribution >= 4 is 0 Å². The van der Waals surface area contributed by atoms with E-state index in [4.69, 9.17) is 0 Å². The van der Waals surface area contributed by atoms with Crippen molar-refractivity contribution in [2.75, 3.05) is 6.54 Å². The van der Waals surface area contributed by atoms with Crippen molar-refractivity contribution < 1.29 is 0 Å². The lowest BCUT2D eigenvalue weighted by atomic mass is 9.64. The summed E-state index contributed by atoms with van der Waals surface area (Å²) in [6.07, 6.45) is 5.74. The fourth-order valence-corrected chi connectivity index (χ4v) is 4.59. The number of hydrogen-bond acceptors (Lipinski definition) is 2. The van der Waals surface area contributed by atoms with Crippen LogP contribution in [0.5, 0.6) is 0 Å². The van der Waals surface area contributed by atoms with Gasteiger partial charge in [0.05, 0.1) is 0 Å². The molecule has 1 aliphatic carbocycles. The molecule has 17 heavy (non-hydrogen) atoms. The third-order valence-corrected chi connectivity index (χ3v) is 5.92.